The molecule has 0 N–H and O–H groups in total. The lowest BCUT2D eigenvalue weighted by molar-refractivity contribution is -0.138. The molecule has 0 aliphatic heterocycles. The molecular formula is C12H9F3N2. The number of rotatable bonds is 1. The van der Waals surface area contributed by atoms with Crippen molar-refractivity contribution in [3.05, 3.63) is 47.9 Å². The minimum atomic E-state index is -4.39. The summed E-state index contributed by atoms with van der Waals surface area (Å²) in [6.45, 7) is 1.34. The van der Waals surface area contributed by atoms with Crippen LogP contribution in [-0.4, -0.2) is 9.97 Å². The van der Waals surface area contributed by atoms with Gasteiger partial charge in [0.05, 0.1) is 11.3 Å². The first-order chi connectivity index (χ1) is 7.98. The lowest BCUT2D eigenvalue weighted by atomic mass is 10.1. The van der Waals surface area contributed by atoms with Crippen LogP contribution in [0.1, 0.15) is 11.3 Å². The monoisotopic (exact) mass is 238 g/mol. The Morgan fingerprint density at radius 3 is 2.47 bits per heavy atom. The van der Waals surface area contributed by atoms with Crippen molar-refractivity contribution in [2.45, 2.75) is 13.1 Å². The van der Waals surface area contributed by atoms with E-state index in [1.54, 1.807) is 18.2 Å². The molecule has 0 aromatic carbocycles. The Morgan fingerprint density at radius 1 is 1.12 bits per heavy atom. The van der Waals surface area contributed by atoms with E-state index in [1.165, 1.54) is 19.3 Å². The van der Waals surface area contributed by atoms with Crippen LogP contribution in [0.4, 0.5) is 13.2 Å². The van der Waals surface area contributed by atoms with E-state index in [2.05, 4.69) is 9.97 Å². The number of nitrogens with zero attached hydrogens (tertiary/aromatic N) is 2. The molecule has 0 fully saturated rings. The molecule has 2 aromatic heterocycles. The average Bonchev–Trinajstić information content (AvgIpc) is 2.29. The molecule has 2 nitrogen and oxygen atoms in total. The van der Waals surface area contributed by atoms with E-state index in [0.29, 0.717) is 11.3 Å². The summed E-state index contributed by atoms with van der Waals surface area (Å²) < 4.78 is 38.1. The third-order valence-corrected chi connectivity index (χ3v) is 2.35. The van der Waals surface area contributed by atoms with Gasteiger partial charge in [0.25, 0.3) is 0 Å². The summed E-state index contributed by atoms with van der Waals surface area (Å²) in [5.41, 5.74) is 0.0897. The lowest BCUT2D eigenvalue weighted by Gasteiger charge is -2.10. The minimum Gasteiger partial charge on any atom is -0.260 e. The summed E-state index contributed by atoms with van der Waals surface area (Å²) >= 11 is 0. The molecule has 0 radical (unpaired) electrons. The lowest BCUT2D eigenvalue weighted by Crippen LogP contribution is -2.09. The quantitative estimate of drug-likeness (QED) is 0.760. The van der Waals surface area contributed by atoms with Gasteiger partial charge in [-0.05, 0) is 25.1 Å². The van der Waals surface area contributed by atoms with Gasteiger partial charge in [-0.2, -0.15) is 13.2 Å². The van der Waals surface area contributed by atoms with E-state index >= 15 is 0 Å². The Bertz CT molecular complexity index is 521. The molecule has 0 saturated heterocycles. The highest BCUT2D eigenvalue weighted by atomic mass is 19.4. The molecule has 0 spiro atoms. The van der Waals surface area contributed by atoms with E-state index in [-0.39, 0.29) is 5.69 Å². The number of aryl methyl sites for hydroxylation is 1. The Balaban J connectivity index is 2.53. The fourth-order valence-electron chi connectivity index (χ4n) is 1.49. The molecule has 0 atom stereocenters. The molecule has 0 saturated carbocycles. The molecule has 2 rings (SSSR count). The standard InChI is InChI=1S/C12H9F3N2/c1-8-10(12(13,14)15)6-9(7-17-8)11-4-2-3-5-16-11/h2-7H,1H3. The zero-order chi connectivity index (χ0) is 12.5. The second-order valence-electron chi connectivity index (χ2n) is 3.57. The Hall–Kier alpha value is -1.91. The maximum atomic E-state index is 12.7. The topological polar surface area (TPSA) is 25.8 Å². The van der Waals surface area contributed by atoms with Gasteiger partial charge in [-0.3, -0.25) is 9.97 Å². The fourth-order valence-corrected chi connectivity index (χ4v) is 1.49. The van der Waals surface area contributed by atoms with Crippen LogP contribution >= 0.6 is 0 Å². The number of hydrogen-bond acceptors (Lipinski definition) is 2. The van der Waals surface area contributed by atoms with Gasteiger partial charge in [-0.25, -0.2) is 0 Å². The van der Waals surface area contributed by atoms with Crippen molar-refractivity contribution in [1.82, 2.24) is 9.97 Å². The first-order valence-corrected chi connectivity index (χ1v) is 4.94. The van der Waals surface area contributed by atoms with Crippen molar-refractivity contribution < 1.29 is 13.2 Å². The number of pyridine rings is 2. The minimum absolute atomic E-state index is 0.0304. The van der Waals surface area contributed by atoms with Crippen molar-refractivity contribution in [1.29, 1.82) is 0 Å². The van der Waals surface area contributed by atoms with Gasteiger partial charge in [-0.15, -0.1) is 0 Å². The van der Waals surface area contributed by atoms with Crippen LogP contribution in [0.5, 0.6) is 0 Å². The second kappa shape index (κ2) is 4.16. The SMILES string of the molecule is Cc1ncc(-c2ccccn2)cc1C(F)(F)F. The van der Waals surface area contributed by atoms with Crippen LogP contribution in [0.3, 0.4) is 0 Å². The smallest absolute Gasteiger partial charge is 0.260 e. The largest absolute Gasteiger partial charge is 0.418 e. The summed E-state index contributed by atoms with van der Waals surface area (Å²) in [6, 6.07) is 6.14. The molecule has 0 unspecified atom stereocenters. The molecule has 0 bridgehead atoms. The van der Waals surface area contributed by atoms with Gasteiger partial charge in [-0.1, -0.05) is 6.07 Å². The summed E-state index contributed by atoms with van der Waals surface area (Å²) in [4.78, 5) is 7.76. The van der Waals surface area contributed by atoms with Crippen molar-refractivity contribution >= 4 is 0 Å². The fraction of sp³-hybridized carbons (Fsp3) is 0.167. The molecule has 88 valence electrons. The maximum absolute atomic E-state index is 12.7. The van der Waals surface area contributed by atoms with E-state index in [9.17, 15) is 13.2 Å². The maximum Gasteiger partial charge on any atom is 0.418 e. The van der Waals surface area contributed by atoms with Crippen LogP contribution in [0.2, 0.25) is 0 Å². The number of alkyl halides is 3. The molecule has 17 heavy (non-hydrogen) atoms. The molecule has 0 aliphatic carbocycles. The second-order valence-corrected chi connectivity index (χ2v) is 3.57. The van der Waals surface area contributed by atoms with Gasteiger partial charge in [0.1, 0.15) is 0 Å². The Labute approximate surface area is 96.2 Å². The van der Waals surface area contributed by atoms with Crippen molar-refractivity contribution in [3.8, 4) is 11.3 Å². The summed E-state index contributed by atoms with van der Waals surface area (Å²) in [7, 11) is 0. The van der Waals surface area contributed by atoms with Crippen molar-refractivity contribution in [2.75, 3.05) is 0 Å². The first-order valence-electron chi connectivity index (χ1n) is 4.94. The van der Waals surface area contributed by atoms with Gasteiger partial charge >= 0.3 is 6.18 Å². The predicted octanol–water partition coefficient (Wildman–Crippen LogP) is 3.47. The van der Waals surface area contributed by atoms with Crippen LogP contribution in [0.25, 0.3) is 11.3 Å². The van der Waals surface area contributed by atoms with Gasteiger partial charge in [0.15, 0.2) is 0 Å². The Morgan fingerprint density at radius 2 is 1.88 bits per heavy atom. The van der Waals surface area contributed by atoms with E-state index in [1.807, 2.05) is 0 Å². The van der Waals surface area contributed by atoms with Crippen LogP contribution < -0.4 is 0 Å². The number of hydrogen-bond donors (Lipinski definition) is 0. The highest BCUT2D eigenvalue weighted by Crippen LogP contribution is 2.33. The molecule has 0 aliphatic rings. The van der Waals surface area contributed by atoms with Gasteiger partial charge in [0, 0.05) is 23.7 Å². The van der Waals surface area contributed by atoms with E-state index in [4.69, 9.17) is 0 Å². The molecular weight excluding hydrogens is 229 g/mol. The Kier molecular flexibility index (Phi) is 2.83. The zero-order valence-corrected chi connectivity index (χ0v) is 8.99. The van der Waals surface area contributed by atoms with Crippen molar-refractivity contribution in [3.63, 3.8) is 0 Å². The average molecular weight is 238 g/mol. The number of aromatic nitrogens is 2. The third kappa shape index (κ3) is 2.43. The molecule has 2 heterocycles. The summed E-state index contributed by atoms with van der Waals surface area (Å²) in [6.07, 6.45) is -1.46. The van der Waals surface area contributed by atoms with Crippen LogP contribution in [-0.2, 0) is 6.18 Å². The van der Waals surface area contributed by atoms with Crippen molar-refractivity contribution in [2.24, 2.45) is 0 Å². The predicted molar refractivity (Wildman–Crippen MR) is 57.2 cm³/mol. The first kappa shape index (κ1) is 11.6. The zero-order valence-electron chi connectivity index (χ0n) is 8.99. The van der Waals surface area contributed by atoms with Crippen LogP contribution in [0.15, 0.2) is 36.7 Å². The highest BCUT2D eigenvalue weighted by Gasteiger charge is 2.33. The summed E-state index contributed by atoms with van der Waals surface area (Å²) in [5.74, 6) is 0. The van der Waals surface area contributed by atoms with E-state index in [0.717, 1.165) is 6.07 Å². The third-order valence-electron chi connectivity index (χ3n) is 2.35. The highest BCUT2D eigenvalue weighted by molar-refractivity contribution is 5.59. The molecule has 5 heteroatoms. The van der Waals surface area contributed by atoms with Gasteiger partial charge in [0.2, 0.25) is 0 Å². The summed E-state index contributed by atoms with van der Waals surface area (Å²) in [5, 5.41) is 0. The van der Waals surface area contributed by atoms with Gasteiger partial charge < -0.3 is 0 Å². The number of halogens is 3. The van der Waals surface area contributed by atoms with Crippen LogP contribution in [0, 0.1) is 6.92 Å². The molecule has 2 aromatic rings. The normalized spacial score (nSPS) is 11.5. The van der Waals surface area contributed by atoms with E-state index < -0.39 is 11.7 Å². The molecule has 0 amide bonds.